The van der Waals surface area contributed by atoms with Crippen LogP contribution in [0.2, 0.25) is 0 Å². The van der Waals surface area contributed by atoms with Gasteiger partial charge >= 0.3 is 12.0 Å². The van der Waals surface area contributed by atoms with Crippen LogP contribution >= 0.6 is 0 Å². The fourth-order valence-corrected chi connectivity index (χ4v) is 3.37. The number of carboxylic acids is 1. The van der Waals surface area contributed by atoms with Crippen LogP contribution in [-0.4, -0.2) is 53.9 Å². The number of ketones is 1. The summed E-state index contributed by atoms with van der Waals surface area (Å²) in [7, 11) is 2.91. The highest BCUT2D eigenvalue weighted by atomic mass is 16.5. The van der Waals surface area contributed by atoms with Crippen molar-refractivity contribution in [3.63, 3.8) is 0 Å². The molecule has 32 heavy (non-hydrogen) atoms. The summed E-state index contributed by atoms with van der Waals surface area (Å²) in [6.07, 6.45) is 2.07. The van der Waals surface area contributed by atoms with Gasteiger partial charge in [-0.05, 0) is 23.3 Å². The molecule has 0 saturated heterocycles. The van der Waals surface area contributed by atoms with Crippen molar-refractivity contribution < 1.29 is 29.0 Å². The van der Waals surface area contributed by atoms with E-state index in [0.29, 0.717) is 11.3 Å². The number of likely N-dealkylation sites (N-methyl/N-ethyl adjacent to an activating group) is 1. The van der Waals surface area contributed by atoms with Crippen LogP contribution in [0.25, 0.3) is 11.1 Å². The summed E-state index contributed by atoms with van der Waals surface area (Å²) in [4.78, 5) is 49.6. The summed E-state index contributed by atoms with van der Waals surface area (Å²) >= 11 is 0. The Kier molecular flexibility index (Phi) is 6.89. The van der Waals surface area contributed by atoms with E-state index in [9.17, 15) is 24.3 Å². The first kappa shape index (κ1) is 22.5. The molecule has 3 rings (SSSR count). The third kappa shape index (κ3) is 5.12. The number of amides is 3. The highest BCUT2D eigenvalue weighted by molar-refractivity contribution is 6.14. The lowest BCUT2D eigenvalue weighted by atomic mass is 9.96. The lowest BCUT2D eigenvalue weighted by molar-refractivity contribution is -0.138. The lowest BCUT2D eigenvalue weighted by Crippen LogP contribution is -2.55. The molecule has 9 nitrogen and oxygen atoms in total. The summed E-state index contributed by atoms with van der Waals surface area (Å²) in [5.74, 6) is -1.91. The van der Waals surface area contributed by atoms with Crippen molar-refractivity contribution in [2.24, 2.45) is 0 Å². The Labute approximate surface area is 184 Å². The van der Waals surface area contributed by atoms with Gasteiger partial charge < -0.3 is 25.4 Å². The van der Waals surface area contributed by atoms with Crippen molar-refractivity contribution in [3.8, 4) is 16.9 Å². The molecular weight excluding hydrogens is 414 g/mol. The number of nitrogens with one attached hydrogen (secondary N) is 2. The molecule has 0 radical (unpaired) electrons. The first-order chi connectivity index (χ1) is 15.3. The van der Waals surface area contributed by atoms with Crippen molar-refractivity contribution in [1.82, 2.24) is 15.5 Å². The molecule has 1 aliphatic heterocycles. The summed E-state index contributed by atoms with van der Waals surface area (Å²) < 4.78 is 5.39. The van der Waals surface area contributed by atoms with Gasteiger partial charge in [-0.2, -0.15) is 0 Å². The van der Waals surface area contributed by atoms with Crippen molar-refractivity contribution in [3.05, 3.63) is 66.4 Å². The van der Waals surface area contributed by atoms with E-state index in [2.05, 4.69) is 10.6 Å². The quantitative estimate of drug-likeness (QED) is 0.570. The molecule has 2 aromatic rings. The Hall–Kier alpha value is -4.14. The first-order valence-electron chi connectivity index (χ1n) is 9.81. The van der Waals surface area contributed by atoms with Crippen LogP contribution in [0.4, 0.5) is 4.79 Å². The molecule has 0 aliphatic carbocycles. The topological polar surface area (TPSA) is 125 Å². The second-order valence-electron chi connectivity index (χ2n) is 7.19. The second kappa shape index (κ2) is 9.78. The summed E-state index contributed by atoms with van der Waals surface area (Å²) in [6.45, 7) is 0. The van der Waals surface area contributed by atoms with Gasteiger partial charge in [0.05, 0.1) is 19.6 Å². The molecule has 3 N–H and O–H groups in total. The van der Waals surface area contributed by atoms with Crippen molar-refractivity contribution in [2.75, 3.05) is 14.2 Å². The Morgan fingerprint density at radius 3 is 2.50 bits per heavy atom. The maximum atomic E-state index is 12.6. The molecule has 2 atom stereocenters. The molecule has 0 spiro atoms. The van der Waals surface area contributed by atoms with E-state index in [0.717, 1.165) is 11.1 Å². The highest BCUT2D eigenvalue weighted by Crippen LogP contribution is 2.32. The number of carbonyl (C=O) groups is 4. The number of carbonyl (C=O) groups excluding carboxylic acids is 3. The zero-order valence-corrected chi connectivity index (χ0v) is 17.6. The minimum absolute atomic E-state index is 0.392. The molecule has 3 amide bonds. The average Bonchev–Trinajstić information content (AvgIpc) is 2.78. The van der Waals surface area contributed by atoms with E-state index in [1.807, 2.05) is 36.4 Å². The van der Waals surface area contributed by atoms with Gasteiger partial charge in [-0.25, -0.2) is 4.79 Å². The van der Waals surface area contributed by atoms with E-state index >= 15 is 0 Å². The zero-order chi connectivity index (χ0) is 23.3. The molecule has 0 saturated carbocycles. The molecule has 9 heteroatoms. The number of hydrogen-bond acceptors (Lipinski definition) is 5. The summed E-state index contributed by atoms with van der Waals surface area (Å²) in [6, 6.07) is 11.5. The van der Waals surface area contributed by atoms with E-state index in [1.165, 1.54) is 31.3 Å². The van der Waals surface area contributed by atoms with E-state index in [4.69, 9.17) is 4.74 Å². The van der Waals surface area contributed by atoms with Gasteiger partial charge in [0.25, 0.3) is 5.91 Å². The standard InChI is InChI=1S/C23H23N3O6/c1-26-11-10-18(27)21(22(26)30)25-23(31)24-17(13-20(28)29)16-12-15(8-9-19(16)32-2)14-6-4-3-5-7-14/h3-12,17,21H,13H2,1-2H3,(H,28,29)(H2,24,25,31). The third-order valence-corrected chi connectivity index (χ3v) is 5.01. The Bertz CT molecular complexity index is 1070. The summed E-state index contributed by atoms with van der Waals surface area (Å²) in [5, 5.41) is 14.3. The van der Waals surface area contributed by atoms with Gasteiger partial charge in [-0.1, -0.05) is 36.4 Å². The molecule has 0 bridgehead atoms. The van der Waals surface area contributed by atoms with Gasteiger partial charge in [0.15, 0.2) is 11.8 Å². The number of benzene rings is 2. The van der Waals surface area contributed by atoms with Crippen LogP contribution in [0, 0.1) is 0 Å². The SMILES string of the molecule is COc1ccc(-c2ccccc2)cc1C(CC(=O)O)NC(=O)NC1C(=O)C=CN(C)C1=O. The molecule has 1 heterocycles. The maximum absolute atomic E-state index is 12.6. The van der Waals surface area contributed by atoms with Crippen LogP contribution in [-0.2, 0) is 14.4 Å². The number of rotatable bonds is 7. The van der Waals surface area contributed by atoms with E-state index in [1.54, 1.807) is 12.1 Å². The smallest absolute Gasteiger partial charge is 0.316 e. The largest absolute Gasteiger partial charge is 0.496 e. The summed E-state index contributed by atoms with van der Waals surface area (Å²) in [5.41, 5.74) is 2.16. The van der Waals surface area contributed by atoms with Crippen LogP contribution in [0.3, 0.4) is 0 Å². The molecule has 0 aromatic heterocycles. The van der Waals surface area contributed by atoms with Crippen LogP contribution in [0.5, 0.6) is 5.75 Å². The first-order valence-corrected chi connectivity index (χ1v) is 9.81. The molecule has 2 unspecified atom stereocenters. The van der Waals surface area contributed by atoms with E-state index in [-0.39, 0.29) is 0 Å². The van der Waals surface area contributed by atoms with Crippen molar-refractivity contribution in [1.29, 1.82) is 0 Å². The maximum Gasteiger partial charge on any atom is 0.316 e. The van der Waals surface area contributed by atoms with Gasteiger partial charge in [-0.15, -0.1) is 0 Å². The monoisotopic (exact) mass is 437 g/mol. The number of nitrogens with zero attached hydrogens (tertiary/aromatic N) is 1. The van der Waals surface area contributed by atoms with Crippen LogP contribution in [0.1, 0.15) is 18.0 Å². The van der Waals surface area contributed by atoms with Crippen molar-refractivity contribution in [2.45, 2.75) is 18.5 Å². The normalized spacial score (nSPS) is 16.4. The number of urea groups is 1. The Balaban J connectivity index is 1.88. The third-order valence-electron chi connectivity index (χ3n) is 5.01. The van der Waals surface area contributed by atoms with Gasteiger partial charge in [-0.3, -0.25) is 14.4 Å². The van der Waals surface area contributed by atoms with Gasteiger partial charge in [0, 0.05) is 24.9 Å². The number of ether oxygens (including phenoxy) is 1. The minimum Gasteiger partial charge on any atom is -0.496 e. The molecular formula is C23H23N3O6. The molecule has 0 fully saturated rings. The Morgan fingerprint density at radius 1 is 1.12 bits per heavy atom. The Morgan fingerprint density at radius 2 is 1.84 bits per heavy atom. The van der Waals surface area contributed by atoms with Crippen LogP contribution in [0.15, 0.2) is 60.8 Å². The van der Waals surface area contributed by atoms with Crippen molar-refractivity contribution >= 4 is 23.7 Å². The fraction of sp³-hybridized carbons (Fsp3) is 0.217. The molecule has 2 aromatic carbocycles. The average molecular weight is 437 g/mol. The number of aliphatic carboxylic acids is 1. The van der Waals surface area contributed by atoms with Crippen LogP contribution < -0.4 is 15.4 Å². The number of hydrogen-bond donors (Lipinski definition) is 3. The second-order valence-corrected chi connectivity index (χ2v) is 7.19. The molecule has 166 valence electrons. The van der Waals surface area contributed by atoms with Gasteiger partial charge in [0.2, 0.25) is 0 Å². The predicted molar refractivity (Wildman–Crippen MR) is 116 cm³/mol. The number of methoxy groups -OCH3 is 1. The lowest BCUT2D eigenvalue weighted by Gasteiger charge is -2.26. The number of carboxylic acid groups (broad SMARTS) is 1. The molecule has 1 aliphatic rings. The minimum atomic E-state index is -1.38. The fourth-order valence-electron chi connectivity index (χ4n) is 3.37. The zero-order valence-electron chi connectivity index (χ0n) is 17.6. The highest BCUT2D eigenvalue weighted by Gasteiger charge is 2.33. The van der Waals surface area contributed by atoms with E-state index < -0.39 is 42.2 Å². The van der Waals surface area contributed by atoms with Gasteiger partial charge in [0.1, 0.15) is 5.75 Å². The predicted octanol–water partition coefficient (Wildman–Crippen LogP) is 2.10.